The number of benzene rings is 1. The molecule has 2 aliphatic heterocycles. The summed E-state index contributed by atoms with van der Waals surface area (Å²) in [5.74, 6) is 2.67. The van der Waals surface area contributed by atoms with E-state index in [-0.39, 0.29) is 11.8 Å². The Morgan fingerprint density at radius 1 is 0.407 bits per heavy atom. The van der Waals surface area contributed by atoms with Gasteiger partial charge in [0.2, 0.25) is 0 Å². The molecular weight excluding hydrogens is 1170 g/mol. The molecular formula is C74H100N2O4S6. The number of carbonyl (C=O) groups is 2. The standard InChI is InChI=1S/C74H100N2O4S6/c1-7-11-15-19-23-25-29-32-37-53(36-31-27-21-17-13-9-3)50-75-52-57-67(74(75)78)68(76(73(57)77)51-54(38-33-28-22-18-14-10-4)39-34-30-26-24-20-16-12-8-2)64-46-45-61(84-64)60-42-44-63(83-60)66-49-56-70(80-6)71-55(69(79-5)72(56)86-66)48-65(85-71)62-43-41-59(82-62)58-40-35-47-81-58/h35,40-49,52-54H,7-34,36-39,50-51H2,1-6H3. The van der Waals surface area contributed by atoms with Crippen molar-refractivity contribution in [1.29, 1.82) is 0 Å². The Kier molecular flexibility index (Phi) is 26.9. The van der Waals surface area contributed by atoms with Gasteiger partial charge in [0.05, 0.1) is 45.3 Å². The van der Waals surface area contributed by atoms with Crippen molar-refractivity contribution >= 4 is 106 Å². The van der Waals surface area contributed by atoms with Crippen LogP contribution in [0.2, 0.25) is 0 Å². The Hall–Kier alpha value is -4.04. The second kappa shape index (κ2) is 34.8. The smallest absolute Gasteiger partial charge is 0.260 e. The number of hydrogen-bond donors (Lipinski definition) is 0. The average Bonchev–Trinajstić information content (AvgIpc) is 1.74. The highest BCUT2D eigenvalue weighted by Gasteiger charge is 2.46. The Labute approximate surface area is 541 Å². The second-order valence-electron chi connectivity index (χ2n) is 24.8. The molecule has 7 aromatic rings. The predicted octanol–water partition coefficient (Wildman–Crippen LogP) is 25.1. The van der Waals surface area contributed by atoms with Crippen LogP contribution in [0.5, 0.6) is 11.5 Å². The van der Waals surface area contributed by atoms with Gasteiger partial charge in [-0.2, -0.15) is 0 Å². The normalized spacial score (nSPS) is 14.3. The molecule has 0 fully saturated rings. The zero-order valence-electron chi connectivity index (χ0n) is 53.1. The largest absolute Gasteiger partial charge is 0.495 e. The lowest BCUT2D eigenvalue weighted by atomic mass is 9.93. The van der Waals surface area contributed by atoms with E-state index in [1.165, 1.54) is 214 Å². The summed E-state index contributed by atoms with van der Waals surface area (Å²) >= 11 is 10.7. The zero-order valence-corrected chi connectivity index (χ0v) is 58.0. The van der Waals surface area contributed by atoms with Crippen LogP contribution in [-0.2, 0) is 9.59 Å². The molecule has 2 unspecified atom stereocenters. The van der Waals surface area contributed by atoms with Crippen molar-refractivity contribution in [2.45, 2.75) is 233 Å². The van der Waals surface area contributed by atoms with Gasteiger partial charge in [0.1, 0.15) is 11.5 Å². The lowest BCUT2D eigenvalue weighted by Crippen LogP contribution is -2.33. The van der Waals surface area contributed by atoms with Gasteiger partial charge >= 0.3 is 0 Å². The number of fused-ring (bicyclic) bond motifs is 3. The molecule has 0 saturated heterocycles. The minimum absolute atomic E-state index is 0.0279. The maximum absolute atomic E-state index is 15.3. The highest BCUT2D eigenvalue weighted by molar-refractivity contribution is 7.30. The summed E-state index contributed by atoms with van der Waals surface area (Å²) in [6.45, 7) is 10.5. The van der Waals surface area contributed by atoms with Crippen LogP contribution in [0.3, 0.4) is 0 Å². The summed E-state index contributed by atoms with van der Waals surface area (Å²) in [4.78, 5) is 45.4. The van der Waals surface area contributed by atoms with Gasteiger partial charge in [0.25, 0.3) is 11.8 Å². The molecule has 466 valence electrons. The molecule has 2 aliphatic rings. The van der Waals surface area contributed by atoms with Gasteiger partial charge in [-0.3, -0.25) is 9.59 Å². The zero-order chi connectivity index (χ0) is 60.0. The number of rotatable bonds is 43. The number of methoxy groups -OCH3 is 2. The van der Waals surface area contributed by atoms with Gasteiger partial charge in [0.15, 0.2) is 0 Å². The van der Waals surface area contributed by atoms with Crippen LogP contribution in [0.4, 0.5) is 0 Å². The molecule has 0 aliphatic carbocycles. The van der Waals surface area contributed by atoms with Crippen LogP contribution in [0, 0.1) is 11.8 Å². The average molecular weight is 1270 g/mol. The lowest BCUT2D eigenvalue weighted by Gasteiger charge is -2.28. The van der Waals surface area contributed by atoms with Crippen molar-refractivity contribution in [3.63, 3.8) is 0 Å². The van der Waals surface area contributed by atoms with E-state index in [1.54, 1.807) is 70.9 Å². The predicted molar refractivity (Wildman–Crippen MR) is 379 cm³/mol. The summed E-state index contributed by atoms with van der Waals surface area (Å²) in [5, 5.41) is 4.29. The minimum atomic E-state index is 0.0279. The lowest BCUT2D eigenvalue weighted by molar-refractivity contribution is -0.124. The molecule has 0 N–H and O–H groups in total. The van der Waals surface area contributed by atoms with Crippen molar-refractivity contribution < 1.29 is 19.1 Å². The van der Waals surface area contributed by atoms with Gasteiger partial charge in [-0.25, -0.2) is 0 Å². The summed E-state index contributed by atoms with van der Waals surface area (Å²) in [6, 6.07) is 22.3. The van der Waals surface area contributed by atoms with Gasteiger partial charge in [0, 0.05) is 69.1 Å². The Morgan fingerprint density at radius 2 is 0.779 bits per heavy atom. The first-order valence-electron chi connectivity index (χ1n) is 33.8. The fourth-order valence-electron chi connectivity index (χ4n) is 13.2. The van der Waals surface area contributed by atoms with Crippen molar-refractivity contribution in [2.24, 2.45) is 11.8 Å². The highest BCUT2D eigenvalue weighted by Crippen LogP contribution is 2.54. The van der Waals surface area contributed by atoms with E-state index in [0.717, 1.165) is 72.8 Å². The number of carbonyl (C=O) groups excluding carboxylic acids is 2. The van der Waals surface area contributed by atoms with Crippen molar-refractivity contribution in [2.75, 3.05) is 27.3 Å². The van der Waals surface area contributed by atoms with E-state index in [0.29, 0.717) is 36.1 Å². The van der Waals surface area contributed by atoms with Gasteiger partial charge < -0.3 is 19.3 Å². The fraction of sp³-hybridized carbons (Fsp3) is 0.568. The fourth-order valence-corrected chi connectivity index (χ4v) is 19.8. The number of ether oxygens (including phenoxy) is 2. The Morgan fingerprint density at radius 3 is 1.19 bits per heavy atom. The maximum atomic E-state index is 15.3. The van der Waals surface area contributed by atoms with Gasteiger partial charge in [-0.15, -0.1) is 68.0 Å². The molecule has 0 bridgehead atoms. The number of unbranched alkanes of at least 4 members (excludes halogenated alkanes) is 24. The Balaban J connectivity index is 0.983. The first-order chi connectivity index (χ1) is 42.3. The van der Waals surface area contributed by atoms with E-state index in [9.17, 15) is 0 Å². The highest BCUT2D eigenvalue weighted by atomic mass is 32.1. The van der Waals surface area contributed by atoms with Crippen molar-refractivity contribution in [1.82, 2.24) is 9.80 Å². The quantitative estimate of drug-likeness (QED) is 0.0358. The third-order valence-electron chi connectivity index (χ3n) is 18.1. The monoisotopic (exact) mass is 1270 g/mol. The molecule has 0 radical (unpaired) electrons. The van der Waals surface area contributed by atoms with Crippen molar-refractivity contribution in [3.05, 3.63) is 88.3 Å². The molecule has 0 spiro atoms. The molecule has 0 saturated carbocycles. The van der Waals surface area contributed by atoms with Crippen molar-refractivity contribution in [3.8, 4) is 50.5 Å². The van der Waals surface area contributed by atoms with Gasteiger partial charge in [-0.05, 0) is 97.5 Å². The maximum Gasteiger partial charge on any atom is 0.260 e. The third-order valence-corrected chi connectivity index (χ3v) is 25.3. The molecule has 8 heterocycles. The summed E-state index contributed by atoms with van der Waals surface area (Å²) < 4.78 is 14.8. The molecule has 2 atom stereocenters. The van der Waals surface area contributed by atoms with E-state index in [2.05, 4.69) is 98.6 Å². The van der Waals surface area contributed by atoms with Crippen LogP contribution in [0.1, 0.15) is 238 Å². The molecule has 6 nitrogen and oxygen atoms in total. The first kappa shape index (κ1) is 66.4. The van der Waals surface area contributed by atoms with Crippen LogP contribution in [0.15, 0.2) is 83.4 Å². The van der Waals surface area contributed by atoms with Crippen LogP contribution >= 0.6 is 68.0 Å². The number of amides is 2. The van der Waals surface area contributed by atoms with E-state index in [1.807, 2.05) is 22.4 Å². The minimum Gasteiger partial charge on any atom is -0.495 e. The number of hydrogen-bond acceptors (Lipinski definition) is 10. The summed E-state index contributed by atoms with van der Waals surface area (Å²) in [5.41, 5.74) is 2.12. The molecule has 6 aromatic heterocycles. The van der Waals surface area contributed by atoms with E-state index >= 15 is 9.59 Å². The second-order valence-corrected chi connectivity index (χ2v) is 31.1. The number of nitrogens with zero attached hydrogens (tertiary/aromatic N) is 2. The van der Waals surface area contributed by atoms with E-state index < -0.39 is 0 Å². The number of thiophene rings is 6. The Bertz CT molecular complexity index is 3190. The van der Waals surface area contributed by atoms with E-state index in [4.69, 9.17) is 9.47 Å². The summed E-state index contributed by atoms with van der Waals surface area (Å²) in [7, 11) is 3.58. The van der Waals surface area contributed by atoms with Crippen LogP contribution in [-0.4, -0.2) is 48.9 Å². The molecule has 12 heteroatoms. The van der Waals surface area contributed by atoms with Crippen LogP contribution < -0.4 is 9.47 Å². The molecule has 2 amide bonds. The topological polar surface area (TPSA) is 59.1 Å². The molecule has 1 aromatic carbocycles. The summed E-state index contributed by atoms with van der Waals surface area (Å²) in [6.07, 6.45) is 42.6. The van der Waals surface area contributed by atoms with Gasteiger partial charge in [-0.1, -0.05) is 214 Å². The van der Waals surface area contributed by atoms with Crippen LogP contribution in [0.25, 0.3) is 64.9 Å². The SMILES string of the molecule is CCCCCCCCCCC(CCCCCCCC)CN1C=C2C(=O)N(CC(CCCCCCCC)CCCCCCCCCC)C(c3ccc(-c4ccc(-c5cc6c(OC)c7sc(-c8ccc(-c9cccs9)s8)cc7c(OC)c6s5)s4)s3)=C2C1=O. The third kappa shape index (κ3) is 17.3. The first-order valence-corrected chi connectivity index (χ1v) is 38.8. The molecule has 9 rings (SSSR count). The molecule has 86 heavy (non-hydrogen) atoms.